The van der Waals surface area contributed by atoms with Crippen LogP contribution in [-0.4, -0.2) is 73.0 Å². The Bertz CT molecular complexity index is 474. The number of rotatable bonds is 3. The Morgan fingerprint density at radius 3 is 2.27 bits per heavy atom. The van der Waals surface area contributed by atoms with Gasteiger partial charge < -0.3 is 9.80 Å². The van der Waals surface area contributed by atoms with Crippen molar-refractivity contribution in [1.29, 1.82) is 0 Å². The Morgan fingerprint density at radius 1 is 1.00 bits per heavy atom. The predicted octanol–water partition coefficient (Wildman–Crippen LogP) is 1.48. The van der Waals surface area contributed by atoms with Crippen LogP contribution in [0.4, 0.5) is 0 Å². The molecular weight excluding hydrogens is 274 g/mol. The number of carbonyl (C=O) groups is 1. The lowest BCUT2D eigenvalue weighted by molar-refractivity contribution is -0.129. The van der Waals surface area contributed by atoms with Gasteiger partial charge in [0.1, 0.15) is 0 Å². The van der Waals surface area contributed by atoms with Crippen LogP contribution in [0.3, 0.4) is 0 Å². The molecule has 1 amide bonds. The van der Waals surface area contributed by atoms with Crippen LogP contribution in [0.5, 0.6) is 0 Å². The maximum Gasteiger partial charge on any atom is 0.231 e. The van der Waals surface area contributed by atoms with Crippen molar-refractivity contribution in [3.05, 3.63) is 42.3 Å². The summed E-state index contributed by atoms with van der Waals surface area (Å²) >= 11 is 0. The highest BCUT2D eigenvalue weighted by molar-refractivity contribution is 5.88. The second-order valence-electron chi connectivity index (χ2n) is 6.45. The molecular formula is C18H26N3O. The number of piperazine rings is 1. The molecule has 1 aromatic carbocycles. The van der Waals surface area contributed by atoms with Gasteiger partial charge in [0, 0.05) is 32.2 Å². The molecule has 0 spiro atoms. The summed E-state index contributed by atoms with van der Waals surface area (Å²) in [7, 11) is 2.20. The lowest BCUT2D eigenvalue weighted by Gasteiger charge is -2.42. The zero-order valence-corrected chi connectivity index (χ0v) is 13.4. The summed E-state index contributed by atoms with van der Waals surface area (Å²) in [5.74, 6) is 0.147. The molecule has 1 radical (unpaired) electrons. The summed E-state index contributed by atoms with van der Waals surface area (Å²) in [4.78, 5) is 19.3. The highest BCUT2D eigenvalue weighted by Crippen LogP contribution is 2.18. The summed E-state index contributed by atoms with van der Waals surface area (Å²) in [5.41, 5.74) is 0.991. The summed E-state index contributed by atoms with van der Waals surface area (Å²) < 4.78 is 0. The molecule has 0 unspecified atom stereocenters. The van der Waals surface area contributed by atoms with Crippen molar-refractivity contribution in [3.8, 4) is 0 Å². The van der Waals surface area contributed by atoms with Crippen molar-refractivity contribution in [3.63, 3.8) is 0 Å². The van der Waals surface area contributed by atoms with Gasteiger partial charge in [-0.3, -0.25) is 9.69 Å². The second kappa shape index (κ2) is 7.25. The van der Waals surface area contributed by atoms with Gasteiger partial charge in [-0.25, -0.2) is 0 Å². The quantitative estimate of drug-likeness (QED) is 0.846. The summed E-state index contributed by atoms with van der Waals surface area (Å²) in [6.07, 6.45) is 4.28. The van der Waals surface area contributed by atoms with Gasteiger partial charge in [0.05, 0.1) is 6.42 Å². The van der Waals surface area contributed by atoms with Gasteiger partial charge in [0.25, 0.3) is 0 Å². The molecule has 0 aliphatic carbocycles. The van der Waals surface area contributed by atoms with Crippen molar-refractivity contribution in [2.45, 2.75) is 18.9 Å². The van der Waals surface area contributed by atoms with Gasteiger partial charge in [-0.1, -0.05) is 30.3 Å². The first-order chi connectivity index (χ1) is 10.7. The number of hydrogen-bond acceptors (Lipinski definition) is 3. The minimum absolute atomic E-state index is 0.147. The number of amides is 1. The third kappa shape index (κ3) is 3.87. The molecule has 2 fully saturated rings. The van der Waals surface area contributed by atoms with E-state index in [1.807, 2.05) is 35.2 Å². The van der Waals surface area contributed by atoms with E-state index in [1.165, 1.54) is 25.9 Å². The standard InChI is InChI=1S/C18H26N3O/c1-19-9-7-17(8-10-19)20-11-13-21(14-12-20)18(22)15-16-5-3-2-4-6-16/h2-6,15,17H,7-14H2,1H3. The molecule has 4 heteroatoms. The monoisotopic (exact) mass is 300 g/mol. The van der Waals surface area contributed by atoms with E-state index in [2.05, 4.69) is 16.8 Å². The summed E-state index contributed by atoms with van der Waals surface area (Å²) in [6.45, 7) is 6.14. The largest absolute Gasteiger partial charge is 0.340 e. The second-order valence-corrected chi connectivity index (χ2v) is 6.45. The van der Waals surface area contributed by atoms with Crippen LogP contribution in [0.25, 0.3) is 0 Å². The van der Waals surface area contributed by atoms with E-state index in [0.717, 1.165) is 31.7 Å². The Labute approximate surface area is 133 Å². The van der Waals surface area contributed by atoms with E-state index in [4.69, 9.17) is 0 Å². The molecule has 3 rings (SSSR count). The number of carbonyl (C=O) groups excluding carboxylic acids is 1. The van der Waals surface area contributed by atoms with Crippen LogP contribution in [0.15, 0.2) is 30.3 Å². The van der Waals surface area contributed by atoms with E-state index in [0.29, 0.717) is 6.04 Å². The Morgan fingerprint density at radius 2 is 1.64 bits per heavy atom. The molecule has 0 N–H and O–H groups in total. The van der Waals surface area contributed by atoms with Crippen LogP contribution >= 0.6 is 0 Å². The third-order valence-corrected chi connectivity index (χ3v) is 4.92. The fourth-order valence-electron chi connectivity index (χ4n) is 3.45. The van der Waals surface area contributed by atoms with E-state index >= 15 is 0 Å². The van der Waals surface area contributed by atoms with Crippen molar-refractivity contribution < 1.29 is 4.79 Å². The molecule has 2 aliphatic rings. The molecule has 2 heterocycles. The smallest absolute Gasteiger partial charge is 0.231 e. The number of likely N-dealkylation sites (tertiary alicyclic amines) is 1. The molecule has 22 heavy (non-hydrogen) atoms. The number of hydrogen-bond donors (Lipinski definition) is 0. The first-order valence-corrected chi connectivity index (χ1v) is 8.34. The van der Waals surface area contributed by atoms with E-state index in [-0.39, 0.29) is 5.91 Å². The lowest BCUT2D eigenvalue weighted by Crippen LogP contribution is -2.54. The highest BCUT2D eigenvalue weighted by Gasteiger charge is 2.27. The first kappa shape index (κ1) is 15.5. The van der Waals surface area contributed by atoms with Crippen LogP contribution in [-0.2, 0) is 4.79 Å². The molecule has 0 saturated carbocycles. The van der Waals surface area contributed by atoms with Crippen LogP contribution < -0.4 is 0 Å². The molecule has 2 aliphatic heterocycles. The Kier molecular flexibility index (Phi) is 5.11. The van der Waals surface area contributed by atoms with Gasteiger partial charge >= 0.3 is 0 Å². The summed E-state index contributed by atoms with van der Waals surface area (Å²) in [6, 6.07) is 10.6. The molecule has 0 aromatic heterocycles. The molecule has 119 valence electrons. The van der Waals surface area contributed by atoms with E-state index < -0.39 is 0 Å². The van der Waals surface area contributed by atoms with Crippen molar-refractivity contribution >= 4 is 5.91 Å². The van der Waals surface area contributed by atoms with Crippen LogP contribution in [0, 0.1) is 6.42 Å². The van der Waals surface area contributed by atoms with Crippen molar-refractivity contribution in [2.24, 2.45) is 0 Å². The van der Waals surface area contributed by atoms with Crippen LogP contribution in [0.1, 0.15) is 18.4 Å². The van der Waals surface area contributed by atoms with Crippen molar-refractivity contribution in [2.75, 3.05) is 46.3 Å². The van der Waals surface area contributed by atoms with Crippen molar-refractivity contribution in [1.82, 2.24) is 14.7 Å². The zero-order valence-electron chi connectivity index (χ0n) is 13.4. The number of benzene rings is 1. The van der Waals surface area contributed by atoms with Crippen LogP contribution in [0.2, 0.25) is 0 Å². The Balaban J connectivity index is 1.46. The maximum absolute atomic E-state index is 12.3. The third-order valence-electron chi connectivity index (χ3n) is 4.92. The van der Waals surface area contributed by atoms with E-state index in [1.54, 1.807) is 6.42 Å². The average molecular weight is 300 g/mol. The predicted molar refractivity (Wildman–Crippen MR) is 88.5 cm³/mol. The minimum atomic E-state index is 0.147. The average Bonchev–Trinajstić information content (AvgIpc) is 2.57. The lowest BCUT2D eigenvalue weighted by atomic mass is 10.0. The van der Waals surface area contributed by atoms with Gasteiger partial charge in [-0.2, -0.15) is 0 Å². The topological polar surface area (TPSA) is 26.8 Å². The fraction of sp³-hybridized carbons (Fsp3) is 0.556. The van der Waals surface area contributed by atoms with Gasteiger partial charge in [-0.05, 0) is 38.5 Å². The normalized spacial score (nSPS) is 22.0. The molecule has 1 aromatic rings. The number of piperidine rings is 1. The highest BCUT2D eigenvalue weighted by atomic mass is 16.2. The molecule has 0 bridgehead atoms. The number of nitrogens with zero attached hydrogens (tertiary/aromatic N) is 3. The molecule has 0 atom stereocenters. The van der Waals surface area contributed by atoms with Gasteiger partial charge in [-0.15, -0.1) is 0 Å². The van der Waals surface area contributed by atoms with Gasteiger partial charge in [0.15, 0.2) is 0 Å². The first-order valence-electron chi connectivity index (χ1n) is 8.34. The summed E-state index contributed by atoms with van der Waals surface area (Å²) in [5, 5.41) is 0. The zero-order chi connectivity index (χ0) is 15.4. The van der Waals surface area contributed by atoms with E-state index in [9.17, 15) is 4.79 Å². The SMILES string of the molecule is CN1CCC(N2CCN(C(=O)[CH]c3ccccc3)CC2)CC1. The fourth-order valence-corrected chi connectivity index (χ4v) is 3.45. The Hall–Kier alpha value is -1.39. The maximum atomic E-state index is 12.3. The molecule has 2 saturated heterocycles. The minimum Gasteiger partial charge on any atom is -0.340 e. The molecule has 4 nitrogen and oxygen atoms in total. The van der Waals surface area contributed by atoms with Gasteiger partial charge in [0.2, 0.25) is 5.91 Å².